The van der Waals surface area contributed by atoms with Crippen molar-refractivity contribution in [2.75, 3.05) is 0 Å². The van der Waals surface area contributed by atoms with Gasteiger partial charge in [0, 0.05) is 6.07 Å². The minimum Gasteiger partial charge on any atom is -0.267 e. The fourth-order valence-electron chi connectivity index (χ4n) is 2.59. The van der Waals surface area contributed by atoms with E-state index in [9.17, 15) is 4.79 Å². The van der Waals surface area contributed by atoms with Gasteiger partial charge in [0.15, 0.2) is 5.82 Å². The van der Waals surface area contributed by atoms with E-state index >= 15 is 0 Å². The van der Waals surface area contributed by atoms with Crippen LogP contribution in [-0.4, -0.2) is 14.8 Å². The molecule has 0 saturated heterocycles. The van der Waals surface area contributed by atoms with Crippen molar-refractivity contribution in [2.24, 2.45) is 0 Å². The molecule has 2 aromatic rings. The highest BCUT2D eigenvalue weighted by Gasteiger charge is 2.16. The maximum Gasteiger partial charge on any atom is 0.273 e. The summed E-state index contributed by atoms with van der Waals surface area (Å²) in [6.45, 7) is 3.72. The molecular formula is C15H16ClN3O. The van der Waals surface area contributed by atoms with E-state index in [4.69, 9.17) is 11.6 Å². The topological polar surface area (TPSA) is 47.8 Å². The first-order valence-electron chi connectivity index (χ1n) is 6.82. The predicted octanol–water partition coefficient (Wildman–Crippen LogP) is 2.78. The molecule has 104 valence electrons. The van der Waals surface area contributed by atoms with Crippen molar-refractivity contribution >= 4 is 11.6 Å². The van der Waals surface area contributed by atoms with Crippen molar-refractivity contribution in [3.05, 3.63) is 50.0 Å². The Hall–Kier alpha value is -1.68. The molecule has 0 spiro atoms. The van der Waals surface area contributed by atoms with E-state index in [-0.39, 0.29) is 5.56 Å². The summed E-state index contributed by atoms with van der Waals surface area (Å²) in [5.74, 6) is 0.574. The van der Waals surface area contributed by atoms with Gasteiger partial charge in [-0.1, -0.05) is 11.6 Å². The minimum atomic E-state index is -0.122. The number of rotatable bonds is 1. The maximum atomic E-state index is 12.3. The molecule has 0 saturated carbocycles. The summed E-state index contributed by atoms with van der Waals surface area (Å²) >= 11 is 6.06. The van der Waals surface area contributed by atoms with Crippen LogP contribution in [0.25, 0.3) is 5.82 Å². The Balaban J connectivity index is 2.20. The van der Waals surface area contributed by atoms with E-state index in [1.807, 2.05) is 19.9 Å². The molecule has 0 amide bonds. The first-order valence-corrected chi connectivity index (χ1v) is 7.20. The van der Waals surface area contributed by atoms with Crippen LogP contribution in [-0.2, 0) is 12.8 Å². The highest BCUT2D eigenvalue weighted by Crippen LogP contribution is 2.21. The summed E-state index contributed by atoms with van der Waals surface area (Å²) in [4.78, 5) is 16.7. The zero-order chi connectivity index (χ0) is 14.3. The average Bonchev–Trinajstić information content (AvgIpc) is 2.42. The van der Waals surface area contributed by atoms with Gasteiger partial charge in [-0.05, 0) is 56.7 Å². The van der Waals surface area contributed by atoms with Gasteiger partial charge in [-0.15, -0.1) is 0 Å². The summed E-state index contributed by atoms with van der Waals surface area (Å²) in [5.41, 5.74) is 3.54. The predicted molar refractivity (Wildman–Crippen MR) is 78.8 cm³/mol. The number of hydrogen-bond donors (Lipinski definition) is 0. The highest BCUT2D eigenvalue weighted by atomic mass is 35.5. The highest BCUT2D eigenvalue weighted by molar-refractivity contribution is 6.31. The van der Waals surface area contributed by atoms with Gasteiger partial charge in [-0.25, -0.2) is 4.98 Å². The van der Waals surface area contributed by atoms with Crippen LogP contribution in [0.1, 0.15) is 35.4 Å². The second kappa shape index (κ2) is 5.02. The molecule has 0 N–H and O–H groups in total. The quantitative estimate of drug-likeness (QED) is 0.811. The van der Waals surface area contributed by atoms with Crippen LogP contribution >= 0.6 is 11.6 Å². The third kappa shape index (κ3) is 2.24. The number of nitrogens with zero attached hydrogens (tertiary/aromatic N) is 3. The smallest absolute Gasteiger partial charge is 0.267 e. The lowest BCUT2D eigenvalue weighted by Crippen LogP contribution is -2.26. The molecule has 1 aliphatic rings. The SMILES string of the molecule is Cc1cc(Cl)c(C)nc1-n1nc2c(cc1=O)CCCC2. The van der Waals surface area contributed by atoms with E-state index in [1.165, 1.54) is 4.68 Å². The molecule has 1 aliphatic carbocycles. The zero-order valence-electron chi connectivity index (χ0n) is 11.6. The first kappa shape index (κ1) is 13.3. The lowest BCUT2D eigenvalue weighted by atomic mass is 9.97. The van der Waals surface area contributed by atoms with Crippen LogP contribution in [0.2, 0.25) is 5.02 Å². The Morgan fingerprint density at radius 2 is 1.95 bits per heavy atom. The van der Waals surface area contributed by atoms with Crippen LogP contribution in [0.5, 0.6) is 0 Å². The number of aryl methyl sites for hydroxylation is 4. The van der Waals surface area contributed by atoms with Crippen LogP contribution in [0.15, 0.2) is 16.9 Å². The third-order valence-corrected chi connectivity index (χ3v) is 4.11. The summed E-state index contributed by atoms with van der Waals surface area (Å²) in [6, 6.07) is 3.53. The summed E-state index contributed by atoms with van der Waals surface area (Å²) in [6.07, 6.45) is 4.14. The molecule has 3 rings (SSSR count). The van der Waals surface area contributed by atoms with Gasteiger partial charge in [-0.2, -0.15) is 9.78 Å². The van der Waals surface area contributed by atoms with Crippen molar-refractivity contribution in [1.82, 2.24) is 14.8 Å². The summed E-state index contributed by atoms with van der Waals surface area (Å²) in [5, 5.41) is 5.12. The van der Waals surface area contributed by atoms with E-state index in [2.05, 4.69) is 10.1 Å². The lowest BCUT2D eigenvalue weighted by molar-refractivity contribution is 0.624. The van der Waals surface area contributed by atoms with Gasteiger partial charge in [0.25, 0.3) is 5.56 Å². The summed E-state index contributed by atoms with van der Waals surface area (Å²) in [7, 11) is 0. The first-order chi connectivity index (χ1) is 9.56. The molecule has 0 aromatic carbocycles. The molecule has 5 heteroatoms. The molecule has 2 aromatic heterocycles. The Morgan fingerprint density at radius 1 is 1.20 bits per heavy atom. The van der Waals surface area contributed by atoms with Gasteiger partial charge >= 0.3 is 0 Å². The van der Waals surface area contributed by atoms with Crippen molar-refractivity contribution < 1.29 is 0 Å². The van der Waals surface area contributed by atoms with E-state index in [1.54, 1.807) is 6.07 Å². The standard InChI is InChI=1S/C15H16ClN3O/c1-9-7-12(16)10(2)17-15(9)19-14(20)8-11-5-3-4-6-13(11)18-19/h7-8H,3-6H2,1-2H3. The number of halogens is 1. The Morgan fingerprint density at radius 3 is 2.75 bits per heavy atom. The van der Waals surface area contributed by atoms with Crippen LogP contribution in [0, 0.1) is 13.8 Å². The van der Waals surface area contributed by atoms with Gasteiger partial charge in [0.05, 0.1) is 16.4 Å². The third-order valence-electron chi connectivity index (χ3n) is 3.72. The fourth-order valence-corrected chi connectivity index (χ4v) is 2.79. The normalized spacial score (nSPS) is 14.2. The number of hydrogen-bond acceptors (Lipinski definition) is 3. The van der Waals surface area contributed by atoms with Crippen LogP contribution < -0.4 is 5.56 Å². The lowest BCUT2D eigenvalue weighted by Gasteiger charge is -2.16. The number of pyridine rings is 1. The molecule has 0 unspecified atom stereocenters. The monoisotopic (exact) mass is 289 g/mol. The van der Waals surface area contributed by atoms with Gasteiger partial charge in [-0.3, -0.25) is 4.79 Å². The maximum absolute atomic E-state index is 12.3. The van der Waals surface area contributed by atoms with E-state index in [0.717, 1.165) is 42.5 Å². The molecule has 4 nitrogen and oxygen atoms in total. The van der Waals surface area contributed by atoms with Crippen LogP contribution in [0.4, 0.5) is 0 Å². The average molecular weight is 290 g/mol. The van der Waals surface area contributed by atoms with Crippen molar-refractivity contribution in [3.8, 4) is 5.82 Å². The second-order valence-electron chi connectivity index (χ2n) is 5.27. The number of aromatic nitrogens is 3. The second-order valence-corrected chi connectivity index (χ2v) is 5.68. The Labute approximate surface area is 122 Å². The summed E-state index contributed by atoms with van der Waals surface area (Å²) < 4.78 is 1.41. The molecule has 20 heavy (non-hydrogen) atoms. The number of fused-ring (bicyclic) bond motifs is 1. The minimum absolute atomic E-state index is 0.122. The molecule has 0 radical (unpaired) electrons. The molecule has 0 atom stereocenters. The van der Waals surface area contributed by atoms with Crippen LogP contribution in [0.3, 0.4) is 0 Å². The van der Waals surface area contributed by atoms with Gasteiger partial charge in [0.1, 0.15) is 0 Å². The van der Waals surface area contributed by atoms with Gasteiger partial charge < -0.3 is 0 Å². The Kier molecular flexibility index (Phi) is 3.34. The molecule has 0 aliphatic heterocycles. The van der Waals surface area contributed by atoms with Crippen molar-refractivity contribution in [3.63, 3.8) is 0 Å². The molecule has 0 bridgehead atoms. The molecule has 0 fully saturated rings. The largest absolute Gasteiger partial charge is 0.273 e. The van der Waals surface area contributed by atoms with Crippen molar-refractivity contribution in [1.29, 1.82) is 0 Å². The van der Waals surface area contributed by atoms with E-state index in [0.29, 0.717) is 16.5 Å². The molecule has 2 heterocycles. The zero-order valence-corrected chi connectivity index (χ0v) is 12.4. The molecular weight excluding hydrogens is 274 g/mol. The Bertz CT molecular complexity index is 737. The van der Waals surface area contributed by atoms with Crippen molar-refractivity contribution in [2.45, 2.75) is 39.5 Å². The van der Waals surface area contributed by atoms with Gasteiger partial charge in [0.2, 0.25) is 0 Å². The fraction of sp³-hybridized carbons (Fsp3) is 0.400. The van der Waals surface area contributed by atoms with E-state index < -0.39 is 0 Å².